The van der Waals surface area contributed by atoms with Gasteiger partial charge in [0.05, 0.1) is 0 Å². The Bertz CT molecular complexity index is 563. The van der Waals surface area contributed by atoms with Gasteiger partial charge in [0, 0.05) is 16.4 Å². The maximum absolute atomic E-state index is 13.5. The Kier molecular flexibility index (Phi) is 4.26. The van der Waals surface area contributed by atoms with Crippen LogP contribution in [0, 0.1) is 5.82 Å². The topological polar surface area (TPSA) is 34.2 Å². The first-order chi connectivity index (χ1) is 9.04. The van der Waals surface area contributed by atoms with Gasteiger partial charge in [0.1, 0.15) is 5.75 Å². The minimum Gasteiger partial charge on any atom is -0.435 e. The van der Waals surface area contributed by atoms with Crippen LogP contribution in [0.4, 0.5) is 24.7 Å². The molecule has 0 radical (unpaired) electrons. The van der Waals surface area contributed by atoms with Crippen molar-refractivity contribution in [2.45, 2.75) is 6.61 Å². The van der Waals surface area contributed by atoms with Crippen LogP contribution in [-0.4, -0.2) is 11.6 Å². The Balaban J connectivity index is 2.10. The van der Waals surface area contributed by atoms with Crippen LogP contribution in [-0.2, 0) is 0 Å². The number of rotatable bonds is 4. The fourth-order valence-corrected chi connectivity index (χ4v) is 1.67. The van der Waals surface area contributed by atoms with Crippen LogP contribution in [0.3, 0.4) is 0 Å². The SMILES string of the molecule is Fc1cc(Br)cnc1Nc1ccc(OC(F)F)cc1. The fourth-order valence-electron chi connectivity index (χ4n) is 1.36. The minimum atomic E-state index is -2.87. The Hall–Kier alpha value is -1.76. The zero-order chi connectivity index (χ0) is 13.8. The molecule has 1 N–H and O–H groups in total. The van der Waals surface area contributed by atoms with Gasteiger partial charge in [-0.25, -0.2) is 9.37 Å². The molecule has 0 spiro atoms. The van der Waals surface area contributed by atoms with Gasteiger partial charge in [-0.3, -0.25) is 0 Å². The number of halogens is 4. The van der Waals surface area contributed by atoms with Gasteiger partial charge in [0.2, 0.25) is 0 Å². The van der Waals surface area contributed by atoms with Gasteiger partial charge in [-0.15, -0.1) is 0 Å². The minimum absolute atomic E-state index is 0.0322. The molecule has 100 valence electrons. The van der Waals surface area contributed by atoms with E-state index >= 15 is 0 Å². The largest absolute Gasteiger partial charge is 0.435 e. The predicted octanol–water partition coefficient (Wildman–Crippen LogP) is 4.33. The lowest BCUT2D eigenvalue weighted by Crippen LogP contribution is -2.02. The summed E-state index contributed by atoms with van der Waals surface area (Å²) in [5.74, 6) is -0.446. The lowest BCUT2D eigenvalue weighted by Gasteiger charge is -2.08. The van der Waals surface area contributed by atoms with Crippen molar-refractivity contribution in [3.63, 3.8) is 0 Å². The molecule has 0 saturated carbocycles. The second-order valence-corrected chi connectivity index (χ2v) is 4.43. The number of aromatic nitrogens is 1. The second kappa shape index (κ2) is 5.92. The summed E-state index contributed by atoms with van der Waals surface area (Å²) in [6.45, 7) is -2.87. The molecule has 0 saturated heterocycles. The molecule has 0 unspecified atom stereocenters. The van der Waals surface area contributed by atoms with Gasteiger partial charge >= 0.3 is 6.61 Å². The van der Waals surface area contributed by atoms with Crippen LogP contribution >= 0.6 is 15.9 Å². The van der Waals surface area contributed by atoms with E-state index in [2.05, 4.69) is 31.0 Å². The third-order valence-electron chi connectivity index (χ3n) is 2.15. The van der Waals surface area contributed by atoms with Crippen LogP contribution in [0.25, 0.3) is 0 Å². The third-order valence-corrected chi connectivity index (χ3v) is 2.58. The second-order valence-electron chi connectivity index (χ2n) is 3.51. The highest BCUT2D eigenvalue weighted by Gasteiger charge is 2.06. The summed E-state index contributed by atoms with van der Waals surface area (Å²) in [4.78, 5) is 3.86. The molecule has 2 rings (SSSR count). The summed E-state index contributed by atoms with van der Waals surface area (Å²) in [7, 11) is 0. The zero-order valence-corrected chi connectivity index (χ0v) is 11.0. The van der Waals surface area contributed by atoms with Crippen molar-refractivity contribution in [2.24, 2.45) is 0 Å². The van der Waals surface area contributed by atoms with E-state index in [0.29, 0.717) is 10.2 Å². The predicted molar refractivity (Wildman–Crippen MR) is 68.3 cm³/mol. The Morgan fingerprint density at radius 2 is 1.89 bits per heavy atom. The van der Waals surface area contributed by atoms with Crippen molar-refractivity contribution in [1.29, 1.82) is 0 Å². The normalized spacial score (nSPS) is 10.6. The molecule has 1 aromatic carbocycles. The molecule has 1 aromatic heterocycles. The first-order valence-electron chi connectivity index (χ1n) is 5.17. The van der Waals surface area contributed by atoms with Crippen molar-refractivity contribution in [3.8, 4) is 5.75 Å². The summed E-state index contributed by atoms with van der Waals surface area (Å²) in [5, 5.41) is 2.73. The summed E-state index contributed by atoms with van der Waals surface area (Å²) in [6, 6.07) is 6.95. The summed E-state index contributed by atoms with van der Waals surface area (Å²) < 4.78 is 42.1. The van der Waals surface area contributed by atoms with Gasteiger partial charge in [-0.2, -0.15) is 8.78 Å². The number of benzene rings is 1. The highest BCUT2D eigenvalue weighted by molar-refractivity contribution is 9.10. The van der Waals surface area contributed by atoms with E-state index < -0.39 is 12.4 Å². The average molecular weight is 333 g/mol. The van der Waals surface area contributed by atoms with Gasteiger partial charge in [-0.05, 0) is 46.3 Å². The molecule has 0 amide bonds. The number of nitrogens with zero attached hydrogens (tertiary/aromatic N) is 1. The van der Waals surface area contributed by atoms with Crippen LogP contribution in [0.5, 0.6) is 5.75 Å². The van der Waals surface area contributed by atoms with Crippen molar-refractivity contribution in [3.05, 3.63) is 46.8 Å². The molecule has 2 aromatic rings. The average Bonchev–Trinajstić information content (AvgIpc) is 2.34. The maximum Gasteiger partial charge on any atom is 0.387 e. The number of hydrogen-bond donors (Lipinski definition) is 1. The number of anilines is 2. The van der Waals surface area contributed by atoms with Crippen LogP contribution in [0.15, 0.2) is 41.0 Å². The zero-order valence-electron chi connectivity index (χ0n) is 9.41. The maximum atomic E-state index is 13.5. The molecular formula is C12H8BrF3N2O. The Morgan fingerprint density at radius 1 is 1.21 bits per heavy atom. The number of alkyl halides is 2. The first kappa shape index (κ1) is 13.7. The molecule has 0 bridgehead atoms. The van der Waals surface area contributed by atoms with E-state index in [0.717, 1.165) is 0 Å². The molecule has 3 nitrogen and oxygen atoms in total. The molecule has 19 heavy (non-hydrogen) atoms. The summed E-state index contributed by atoms with van der Waals surface area (Å²) in [5.41, 5.74) is 0.510. The van der Waals surface area contributed by atoms with Gasteiger partial charge in [0.15, 0.2) is 11.6 Å². The summed E-state index contributed by atoms with van der Waals surface area (Å²) in [6.07, 6.45) is 1.44. The molecule has 1 heterocycles. The van der Waals surface area contributed by atoms with Gasteiger partial charge < -0.3 is 10.1 Å². The third kappa shape index (κ3) is 3.85. The van der Waals surface area contributed by atoms with E-state index in [1.54, 1.807) is 0 Å². The standard InChI is InChI=1S/C12H8BrF3N2O/c13-7-5-10(14)11(17-6-7)18-8-1-3-9(4-2-8)19-12(15)16/h1-6,12H,(H,17,18). The van der Waals surface area contributed by atoms with Gasteiger partial charge in [0.25, 0.3) is 0 Å². The Labute approximate surface area is 115 Å². The fraction of sp³-hybridized carbons (Fsp3) is 0.0833. The van der Waals surface area contributed by atoms with Crippen LogP contribution in [0.2, 0.25) is 0 Å². The first-order valence-corrected chi connectivity index (χ1v) is 5.97. The number of pyridine rings is 1. The van der Waals surface area contributed by atoms with Crippen LogP contribution in [0.1, 0.15) is 0 Å². The van der Waals surface area contributed by atoms with Crippen molar-refractivity contribution < 1.29 is 17.9 Å². The number of nitrogens with one attached hydrogen (secondary N) is 1. The van der Waals surface area contributed by atoms with E-state index in [4.69, 9.17) is 0 Å². The summed E-state index contributed by atoms with van der Waals surface area (Å²) >= 11 is 3.10. The van der Waals surface area contributed by atoms with E-state index in [1.807, 2.05) is 0 Å². The molecular weight excluding hydrogens is 325 g/mol. The Morgan fingerprint density at radius 3 is 2.47 bits per heavy atom. The quantitative estimate of drug-likeness (QED) is 0.904. The van der Waals surface area contributed by atoms with E-state index in [-0.39, 0.29) is 11.6 Å². The monoisotopic (exact) mass is 332 g/mol. The number of hydrogen-bond acceptors (Lipinski definition) is 3. The number of ether oxygens (including phenoxy) is 1. The lowest BCUT2D eigenvalue weighted by atomic mass is 10.3. The van der Waals surface area contributed by atoms with Crippen molar-refractivity contribution in [2.75, 3.05) is 5.32 Å². The molecule has 0 atom stereocenters. The van der Waals surface area contributed by atoms with E-state index in [9.17, 15) is 13.2 Å². The highest BCUT2D eigenvalue weighted by atomic mass is 79.9. The molecule has 0 aliphatic heterocycles. The van der Waals surface area contributed by atoms with Crippen LogP contribution < -0.4 is 10.1 Å². The highest BCUT2D eigenvalue weighted by Crippen LogP contribution is 2.23. The smallest absolute Gasteiger partial charge is 0.387 e. The van der Waals surface area contributed by atoms with Crippen molar-refractivity contribution >= 4 is 27.4 Å². The van der Waals surface area contributed by atoms with E-state index in [1.165, 1.54) is 36.5 Å². The molecule has 7 heteroatoms. The lowest BCUT2D eigenvalue weighted by molar-refractivity contribution is -0.0498. The molecule has 0 aliphatic carbocycles. The molecule has 0 fully saturated rings. The molecule has 0 aliphatic rings. The van der Waals surface area contributed by atoms with Gasteiger partial charge in [-0.1, -0.05) is 0 Å². The van der Waals surface area contributed by atoms with Crippen molar-refractivity contribution in [1.82, 2.24) is 4.98 Å².